The van der Waals surface area contributed by atoms with Crippen molar-refractivity contribution < 1.29 is 22.7 Å². The lowest BCUT2D eigenvalue weighted by Gasteiger charge is -2.33. The summed E-state index contributed by atoms with van der Waals surface area (Å²) in [6.07, 6.45) is 6.91. The number of amides is 1. The second kappa shape index (κ2) is 13.2. The molecule has 266 valence electrons. The Bertz CT molecular complexity index is 2180. The maximum absolute atomic E-state index is 14.4. The highest BCUT2D eigenvalue weighted by molar-refractivity contribution is 7.91. The number of alkyl carbamates (subject to hydrolysis) is 1. The molecule has 1 aliphatic carbocycles. The number of nitriles is 1. The van der Waals surface area contributed by atoms with Crippen LogP contribution in [0.1, 0.15) is 70.5 Å². The fraction of sp³-hybridized carbons (Fsp3) is 0.447. The van der Waals surface area contributed by atoms with Gasteiger partial charge >= 0.3 is 6.09 Å². The zero-order valence-electron chi connectivity index (χ0n) is 30.8. The predicted molar refractivity (Wildman–Crippen MR) is 201 cm³/mol. The van der Waals surface area contributed by atoms with E-state index in [4.69, 9.17) is 14.5 Å². The number of hydrogen-bond acceptors (Lipinski definition) is 7. The molecule has 10 nitrogen and oxygen atoms in total. The Morgan fingerprint density at radius 1 is 1.12 bits per heavy atom. The molecule has 1 aliphatic rings. The number of benzene rings is 2. The Morgan fingerprint density at radius 2 is 1.84 bits per heavy atom. The first-order valence-electron chi connectivity index (χ1n) is 16.9. The van der Waals surface area contributed by atoms with Gasteiger partial charge in [0.15, 0.2) is 0 Å². The van der Waals surface area contributed by atoms with Gasteiger partial charge in [-0.25, -0.2) is 22.2 Å². The molecule has 0 fully saturated rings. The molecule has 0 saturated heterocycles. The summed E-state index contributed by atoms with van der Waals surface area (Å²) in [5.41, 5.74) is 2.38. The zero-order chi connectivity index (χ0) is 36.9. The first-order chi connectivity index (χ1) is 23.2. The van der Waals surface area contributed by atoms with E-state index >= 15 is 0 Å². The third-order valence-electron chi connectivity index (χ3n) is 9.13. The van der Waals surface area contributed by atoms with Crippen LogP contribution in [0.3, 0.4) is 0 Å². The molecule has 2 unspecified atom stereocenters. The first kappa shape index (κ1) is 37.1. The van der Waals surface area contributed by atoms with Gasteiger partial charge in [0.25, 0.3) is 0 Å². The van der Waals surface area contributed by atoms with Crippen molar-refractivity contribution in [2.24, 2.45) is 0 Å². The van der Waals surface area contributed by atoms with Gasteiger partial charge < -0.3 is 19.4 Å². The number of nitrogens with one attached hydrogen (secondary N) is 1. The van der Waals surface area contributed by atoms with Gasteiger partial charge in [0.1, 0.15) is 28.4 Å². The van der Waals surface area contributed by atoms with E-state index < -0.39 is 40.1 Å². The molecule has 0 radical (unpaired) electrons. The molecule has 50 heavy (non-hydrogen) atoms. The highest BCUT2D eigenvalue weighted by atomic mass is 32.2. The molecule has 5 rings (SSSR count). The van der Waals surface area contributed by atoms with E-state index in [1.165, 1.54) is 3.97 Å². The molecule has 0 bridgehead atoms. The standard InChI is InChI=1S/C38H49N5O5SSi/c1-26-12-11-18-37(6,23-26)49(45,46)43-19-17-29-30(15-13-27(2)33(29)43)38(7,41-35(44)48-36(3,4)5)34-40-31-22-28(24-39)14-16-32(31)42(34)25-47-20-21-50(8,9)10/h11-17,19,22-23H,18,20-21,25H2,1-10H3,(H,41,44). The largest absolute Gasteiger partial charge is 0.444 e. The third kappa shape index (κ3) is 7.17. The number of hydrogen-bond donors (Lipinski definition) is 1. The summed E-state index contributed by atoms with van der Waals surface area (Å²) in [6, 6.07) is 14.0. The van der Waals surface area contributed by atoms with Crippen molar-refractivity contribution in [3.63, 3.8) is 0 Å². The van der Waals surface area contributed by atoms with E-state index in [-0.39, 0.29) is 6.73 Å². The van der Waals surface area contributed by atoms with Crippen LogP contribution >= 0.6 is 0 Å². The van der Waals surface area contributed by atoms with E-state index in [0.29, 0.717) is 46.4 Å². The Kier molecular flexibility index (Phi) is 9.77. The number of fused-ring (bicyclic) bond motifs is 2. The van der Waals surface area contributed by atoms with Gasteiger partial charge in [0, 0.05) is 26.3 Å². The summed E-state index contributed by atoms with van der Waals surface area (Å²) < 4.78 is 43.1. The summed E-state index contributed by atoms with van der Waals surface area (Å²) in [4.78, 5) is 18.8. The number of aryl methyl sites for hydroxylation is 1. The fourth-order valence-electron chi connectivity index (χ4n) is 6.50. The molecule has 1 N–H and O–H groups in total. The van der Waals surface area contributed by atoms with Crippen LogP contribution in [0.5, 0.6) is 0 Å². The lowest BCUT2D eigenvalue weighted by Crippen LogP contribution is -2.48. The fourth-order valence-corrected chi connectivity index (χ4v) is 9.05. The van der Waals surface area contributed by atoms with Crippen LogP contribution in [0.25, 0.3) is 21.9 Å². The van der Waals surface area contributed by atoms with Crippen LogP contribution in [0.2, 0.25) is 25.7 Å². The topological polar surface area (TPSA) is 128 Å². The lowest BCUT2D eigenvalue weighted by molar-refractivity contribution is 0.0463. The smallest absolute Gasteiger partial charge is 0.408 e. The van der Waals surface area contributed by atoms with Gasteiger partial charge in [-0.3, -0.25) is 0 Å². The number of ether oxygens (including phenoxy) is 2. The minimum atomic E-state index is -3.93. The SMILES string of the molecule is CC1=CC(C)(S(=O)(=O)n2ccc3c(C(C)(NC(=O)OC(C)(C)C)c4nc5cc(C#N)ccc5n4COCC[Si](C)(C)C)ccc(C)c32)CC=C1. The van der Waals surface area contributed by atoms with Crippen molar-refractivity contribution in [2.45, 2.75) is 103 Å². The van der Waals surface area contributed by atoms with E-state index in [1.54, 1.807) is 52.1 Å². The second-order valence-corrected chi connectivity index (χ2v) is 23.8. The minimum absolute atomic E-state index is 0.149. The summed E-state index contributed by atoms with van der Waals surface area (Å²) >= 11 is 0. The van der Waals surface area contributed by atoms with E-state index in [1.807, 2.05) is 61.8 Å². The van der Waals surface area contributed by atoms with E-state index in [0.717, 1.165) is 22.7 Å². The molecule has 2 heterocycles. The normalized spacial score (nSPS) is 18.1. The van der Waals surface area contributed by atoms with Crippen molar-refractivity contribution in [2.75, 3.05) is 6.61 Å². The van der Waals surface area contributed by atoms with Gasteiger partial charge in [-0.15, -0.1) is 0 Å². The van der Waals surface area contributed by atoms with Crippen molar-refractivity contribution in [3.8, 4) is 6.07 Å². The molecule has 2 aromatic heterocycles. The van der Waals surface area contributed by atoms with Crippen LogP contribution < -0.4 is 5.32 Å². The Balaban J connectivity index is 1.76. The van der Waals surface area contributed by atoms with Gasteiger partial charge in [-0.2, -0.15) is 5.26 Å². The number of carbonyl (C=O) groups excluding carboxylic acids is 1. The molecule has 0 aliphatic heterocycles. The Labute approximate surface area is 296 Å². The van der Waals surface area contributed by atoms with Crippen molar-refractivity contribution >= 4 is 46.1 Å². The molecule has 4 aromatic rings. The molecule has 12 heteroatoms. The van der Waals surface area contributed by atoms with Crippen molar-refractivity contribution in [1.29, 1.82) is 5.26 Å². The van der Waals surface area contributed by atoms with Crippen LogP contribution in [-0.4, -0.2) is 53.1 Å². The maximum Gasteiger partial charge on any atom is 0.408 e. The van der Waals surface area contributed by atoms with Crippen LogP contribution in [-0.2, 0) is 31.8 Å². The quantitative estimate of drug-likeness (QED) is 0.130. The number of rotatable bonds is 10. The molecule has 0 saturated carbocycles. The monoisotopic (exact) mass is 715 g/mol. The Hall–Kier alpha value is -4.18. The number of nitrogens with zero attached hydrogens (tertiary/aromatic N) is 4. The third-order valence-corrected chi connectivity index (χ3v) is 13.1. The summed E-state index contributed by atoms with van der Waals surface area (Å²) in [5, 5.41) is 13.5. The zero-order valence-corrected chi connectivity index (χ0v) is 32.7. The van der Waals surface area contributed by atoms with Crippen LogP contribution in [0, 0.1) is 18.3 Å². The number of imidazole rings is 1. The average molecular weight is 716 g/mol. The van der Waals surface area contributed by atoms with Gasteiger partial charge in [0.05, 0.1) is 28.2 Å². The predicted octanol–water partition coefficient (Wildman–Crippen LogP) is 8.11. The summed E-state index contributed by atoms with van der Waals surface area (Å²) in [5.74, 6) is 0.449. The highest BCUT2D eigenvalue weighted by Crippen LogP contribution is 2.40. The maximum atomic E-state index is 14.4. The van der Waals surface area contributed by atoms with E-state index in [9.17, 15) is 18.5 Å². The molecule has 2 aromatic carbocycles. The van der Waals surface area contributed by atoms with Crippen LogP contribution in [0.15, 0.2) is 66.4 Å². The van der Waals surface area contributed by atoms with Gasteiger partial charge in [-0.1, -0.05) is 55.6 Å². The lowest BCUT2D eigenvalue weighted by atomic mass is 9.87. The molecular weight excluding hydrogens is 667 g/mol. The van der Waals surface area contributed by atoms with Crippen molar-refractivity contribution in [3.05, 3.63) is 88.9 Å². The number of allylic oxidation sites excluding steroid dienone is 3. The van der Waals surface area contributed by atoms with Crippen molar-refractivity contribution in [1.82, 2.24) is 18.8 Å². The van der Waals surface area contributed by atoms with Gasteiger partial charge in [-0.05, 0) is 96.3 Å². The summed E-state index contributed by atoms with van der Waals surface area (Å²) in [7, 11) is -5.31. The average Bonchev–Trinajstić information content (AvgIpc) is 3.61. The highest BCUT2D eigenvalue weighted by Gasteiger charge is 2.42. The Morgan fingerprint density at radius 3 is 2.48 bits per heavy atom. The number of carbonyl (C=O) groups is 1. The molecule has 2 atom stereocenters. The second-order valence-electron chi connectivity index (χ2n) is 15.9. The molecule has 1 amide bonds. The summed E-state index contributed by atoms with van der Waals surface area (Å²) in [6.45, 7) is 20.3. The van der Waals surface area contributed by atoms with Gasteiger partial charge in [0.2, 0.25) is 10.0 Å². The molecule has 0 spiro atoms. The molecular formula is C38H49N5O5SSi. The number of aromatic nitrogens is 3. The van der Waals surface area contributed by atoms with Crippen LogP contribution in [0.4, 0.5) is 4.79 Å². The minimum Gasteiger partial charge on any atom is -0.444 e. The van der Waals surface area contributed by atoms with E-state index in [2.05, 4.69) is 31.0 Å². The first-order valence-corrected chi connectivity index (χ1v) is 22.1.